The number of nitrogens with zero attached hydrogens (tertiary/aromatic N) is 2. The zero-order chi connectivity index (χ0) is 12.3. The Labute approximate surface area is 105 Å². The highest BCUT2D eigenvalue weighted by molar-refractivity contribution is 7.07. The molecule has 0 saturated heterocycles. The first kappa shape index (κ1) is 11.8. The summed E-state index contributed by atoms with van der Waals surface area (Å²) < 4.78 is 0. The Morgan fingerprint density at radius 2 is 2.06 bits per heavy atom. The van der Waals surface area contributed by atoms with Gasteiger partial charge in [-0.05, 0) is 31.2 Å². The second-order valence-corrected chi connectivity index (χ2v) is 4.66. The second-order valence-electron chi connectivity index (χ2n) is 3.94. The summed E-state index contributed by atoms with van der Waals surface area (Å²) in [7, 11) is 2.02. The lowest BCUT2D eigenvalue weighted by molar-refractivity contribution is 0.101. The number of anilines is 1. The van der Waals surface area contributed by atoms with Crippen molar-refractivity contribution in [3.05, 3.63) is 46.4 Å². The van der Waals surface area contributed by atoms with Crippen LogP contribution in [0, 0.1) is 0 Å². The molecule has 0 aliphatic rings. The molecule has 0 fully saturated rings. The summed E-state index contributed by atoms with van der Waals surface area (Å²) in [6, 6.07) is 7.64. The molecule has 1 aromatic carbocycles. The lowest BCUT2D eigenvalue weighted by Gasteiger charge is -2.18. The van der Waals surface area contributed by atoms with Crippen LogP contribution >= 0.6 is 11.3 Å². The van der Waals surface area contributed by atoms with E-state index in [1.165, 1.54) is 0 Å². The number of carbonyl (C=O) groups excluding carboxylic acids is 1. The SMILES string of the molecule is CC(=O)c1ccc(N(C)Cc2cscn2)cc1. The van der Waals surface area contributed by atoms with Crippen LogP contribution in [0.2, 0.25) is 0 Å². The Morgan fingerprint density at radius 3 is 2.59 bits per heavy atom. The highest BCUT2D eigenvalue weighted by Crippen LogP contribution is 2.16. The molecule has 0 radical (unpaired) electrons. The number of aromatic nitrogens is 1. The molecule has 4 heteroatoms. The number of Topliss-reactive ketones (excluding diaryl/α,β-unsaturated/α-hetero) is 1. The fraction of sp³-hybridized carbons (Fsp3) is 0.231. The molecule has 0 aliphatic carbocycles. The molecular weight excluding hydrogens is 232 g/mol. The molecule has 17 heavy (non-hydrogen) atoms. The third-order valence-electron chi connectivity index (χ3n) is 2.60. The van der Waals surface area contributed by atoms with Crippen LogP contribution in [-0.4, -0.2) is 17.8 Å². The zero-order valence-electron chi connectivity index (χ0n) is 9.88. The molecule has 0 atom stereocenters. The Hall–Kier alpha value is -1.68. The van der Waals surface area contributed by atoms with Crippen LogP contribution in [0.3, 0.4) is 0 Å². The topological polar surface area (TPSA) is 33.2 Å². The highest BCUT2D eigenvalue weighted by Gasteiger charge is 2.04. The Bertz CT molecular complexity index is 491. The van der Waals surface area contributed by atoms with E-state index < -0.39 is 0 Å². The van der Waals surface area contributed by atoms with Gasteiger partial charge in [-0.25, -0.2) is 4.98 Å². The lowest BCUT2D eigenvalue weighted by atomic mass is 10.1. The number of ketones is 1. The zero-order valence-corrected chi connectivity index (χ0v) is 10.7. The van der Waals surface area contributed by atoms with Crippen LogP contribution in [0.1, 0.15) is 23.0 Å². The maximum Gasteiger partial charge on any atom is 0.159 e. The van der Waals surface area contributed by atoms with Crippen molar-refractivity contribution in [2.24, 2.45) is 0 Å². The monoisotopic (exact) mass is 246 g/mol. The molecule has 0 aliphatic heterocycles. The first-order valence-electron chi connectivity index (χ1n) is 5.36. The van der Waals surface area contributed by atoms with E-state index >= 15 is 0 Å². The number of thiazole rings is 1. The van der Waals surface area contributed by atoms with Gasteiger partial charge in [0.2, 0.25) is 0 Å². The van der Waals surface area contributed by atoms with Crippen LogP contribution in [0.15, 0.2) is 35.2 Å². The largest absolute Gasteiger partial charge is 0.369 e. The first-order chi connectivity index (χ1) is 8.16. The maximum atomic E-state index is 11.2. The number of rotatable bonds is 4. The van der Waals surface area contributed by atoms with Crippen LogP contribution in [-0.2, 0) is 6.54 Å². The van der Waals surface area contributed by atoms with Crippen LogP contribution in [0.5, 0.6) is 0 Å². The van der Waals surface area contributed by atoms with E-state index in [9.17, 15) is 4.79 Å². The van der Waals surface area contributed by atoms with Crippen molar-refractivity contribution < 1.29 is 4.79 Å². The Kier molecular flexibility index (Phi) is 3.54. The molecule has 1 aromatic heterocycles. The van der Waals surface area contributed by atoms with Gasteiger partial charge in [0.15, 0.2) is 5.78 Å². The van der Waals surface area contributed by atoms with Crippen molar-refractivity contribution >= 4 is 22.8 Å². The quantitative estimate of drug-likeness (QED) is 0.778. The van der Waals surface area contributed by atoms with Crippen LogP contribution in [0.4, 0.5) is 5.69 Å². The fourth-order valence-electron chi connectivity index (χ4n) is 1.60. The summed E-state index contributed by atoms with van der Waals surface area (Å²) in [6.45, 7) is 2.36. The molecule has 3 nitrogen and oxygen atoms in total. The molecular formula is C13H14N2OS. The van der Waals surface area contributed by atoms with Crippen molar-refractivity contribution in [1.29, 1.82) is 0 Å². The molecule has 0 spiro atoms. The Morgan fingerprint density at radius 1 is 1.35 bits per heavy atom. The lowest BCUT2D eigenvalue weighted by Crippen LogP contribution is -2.16. The minimum Gasteiger partial charge on any atom is -0.369 e. The number of benzene rings is 1. The molecule has 88 valence electrons. The second kappa shape index (κ2) is 5.10. The van der Waals surface area contributed by atoms with Crippen molar-refractivity contribution in [1.82, 2.24) is 4.98 Å². The fourth-order valence-corrected chi connectivity index (χ4v) is 2.15. The van der Waals surface area contributed by atoms with Crippen molar-refractivity contribution in [2.45, 2.75) is 13.5 Å². The summed E-state index contributed by atoms with van der Waals surface area (Å²) in [6.07, 6.45) is 0. The van der Waals surface area contributed by atoms with Gasteiger partial charge in [-0.2, -0.15) is 0 Å². The normalized spacial score (nSPS) is 10.2. The summed E-state index contributed by atoms with van der Waals surface area (Å²) in [4.78, 5) is 17.5. The van der Waals surface area contributed by atoms with Crippen molar-refractivity contribution in [3.8, 4) is 0 Å². The van der Waals surface area contributed by atoms with E-state index in [2.05, 4.69) is 9.88 Å². The maximum absolute atomic E-state index is 11.2. The van der Waals surface area contributed by atoms with E-state index in [4.69, 9.17) is 0 Å². The Balaban J connectivity index is 2.09. The minimum absolute atomic E-state index is 0.0960. The van der Waals surface area contributed by atoms with Gasteiger partial charge in [-0.1, -0.05) is 0 Å². The van der Waals surface area contributed by atoms with E-state index in [0.29, 0.717) is 0 Å². The molecule has 0 bridgehead atoms. The van der Waals surface area contributed by atoms with Gasteiger partial charge in [-0.3, -0.25) is 4.79 Å². The number of hydrogen-bond acceptors (Lipinski definition) is 4. The van der Waals surface area contributed by atoms with Crippen LogP contribution in [0.25, 0.3) is 0 Å². The van der Waals surface area contributed by atoms with Gasteiger partial charge in [0.1, 0.15) is 0 Å². The predicted octanol–water partition coefficient (Wildman–Crippen LogP) is 2.98. The average molecular weight is 246 g/mol. The smallest absolute Gasteiger partial charge is 0.159 e. The van der Waals surface area contributed by atoms with Gasteiger partial charge < -0.3 is 4.90 Å². The third kappa shape index (κ3) is 2.91. The van der Waals surface area contributed by atoms with Gasteiger partial charge >= 0.3 is 0 Å². The van der Waals surface area contributed by atoms with Gasteiger partial charge in [-0.15, -0.1) is 11.3 Å². The summed E-state index contributed by atoms with van der Waals surface area (Å²) >= 11 is 1.60. The van der Waals surface area contributed by atoms with E-state index in [-0.39, 0.29) is 5.78 Å². The highest BCUT2D eigenvalue weighted by atomic mass is 32.1. The molecule has 0 saturated carbocycles. The average Bonchev–Trinajstić information content (AvgIpc) is 2.82. The number of hydrogen-bond donors (Lipinski definition) is 0. The number of carbonyl (C=O) groups is 1. The molecule has 1 heterocycles. The molecule has 0 N–H and O–H groups in total. The van der Waals surface area contributed by atoms with Crippen LogP contribution < -0.4 is 4.90 Å². The van der Waals surface area contributed by atoms with Gasteiger partial charge in [0.25, 0.3) is 0 Å². The van der Waals surface area contributed by atoms with E-state index in [1.807, 2.05) is 42.2 Å². The summed E-state index contributed by atoms with van der Waals surface area (Å²) in [5.41, 5.74) is 4.73. The van der Waals surface area contributed by atoms with Gasteiger partial charge in [0.05, 0.1) is 17.7 Å². The van der Waals surface area contributed by atoms with E-state index in [0.717, 1.165) is 23.5 Å². The summed E-state index contributed by atoms with van der Waals surface area (Å²) in [5.74, 6) is 0.0960. The molecule has 0 amide bonds. The van der Waals surface area contributed by atoms with Crippen molar-refractivity contribution in [3.63, 3.8) is 0 Å². The predicted molar refractivity (Wildman–Crippen MR) is 70.7 cm³/mol. The third-order valence-corrected chi connectivity index (χ3v) is 3.23. The molecule has 2 aromatic rings. The van der Waals surface area contributed by atoms with Gasteiger partial charge in [0, 0.05) is 23.7 Å². The first-order valence-corrected chi connectivity index (χ1v) is 6.30. The standard InChI is InChI=1S/C13H14N2OS/c1-10(16)11-3-5-13(6-4-11)15(2)7-12-8-17-9-14-12/h3-6,8-9H,7H2,1-2H3. The summed E-state index contributed by atoms with van der Waals surface area (Å²) in [5, 5.41) is 2.04. The molecule has 2 rings (SSSR count). The van der Waals surface area contributed by atoms with Crippen molar-refractivity contribution in [2.75, 3.05) is 11.9 Å². The minimum atomic E-state index is 0.0960. The molecule has 0 unspecified atom stereocenters. The van der Waals surface area contributed by atoms with E-state index in [1.54, 1.807) is 18.3 Å².